The molecule has 1 aliphatic heterocycles. The molecule has 0 saturated carbocycles. The van der Waals surface area contributed by atoms with Crippen LogP contribution in [-0.2, 0) is 16.0 Å². The number of hydrogen-bond acceptors (Lipinski definition) is 7. The molecule has 0 radical (unpaired) electrons. The maximum Gasteiger partial charge on any atom is 0.351 e. The Morgan fingerprint density at radius 2 is 2.11 bits per heavy atom. The highest BCUT2D eigenvalue weighted by molar-refractivity contribution is 5.82. The molecule has 3 rings (SSSR count). The molecule has 0 spiro atoms. The monoisotopic (exact) mass is 373 g/mol. The summed E-state index contributed by atoms with van der Waals surface area (Å²) in [7, 11) is 0. The lowest BCUT2D eigenvalue weighted by Crippen LogP contribution is -2.49. The van der Waals surface area contributed by atoms with Crippen molar-refractivity contribution in [2.24, 2.45) is 5.73 Å². The SMILES string of the molecule is Nc1ccn([C@H]2C[C@H](NC(=O)[C@@H](N)Cc3ccccc3)[C@@H](CO)O2)c(=O)n1. The third-order valence-electron chi connectivity index (χ3n) is 4.54. The van der Waals surface area contributed by atoms with Crippen LogP contribution in [0.15, 0.2) is 47.4 Å². The molecule has 9 nitrogen and oxygen atoms in total. The molecule has 27 heavy (non-hydrogen) atoms. The van der Waals surface area contributed by atoms with E-state index in [9.17, 15) is 14.7 Å². The van der Waals surface area contributed by atoms with Gasteiger partial charge in [0.1, 0.15) is 18.1 Å². The van der Waals surface area contributed by atoms with E-state index < -0.39 is 30.1 Å². The molecule has 0 bridgehead atoms. The van der Waals surface area contributed by atoms with Crippen LogP contribution in [0.4, 0.5) is 5.82 Å². The highest BCUT2D eigenvalue weighted by Gasteiger charge is 2.37. The predicted molar refractivity (Wildman–Crippen MR) is 98.6 cm³/mol. The molecular formula is C18H23N5O4. The standard InChI is InChI=1S/C18H23N5O4/c19-12(8-11-4-2-1-3-5-11)17(25)21-13-9-16(27-14(13)10-24)23-7-6-15(20)22-18(23)26/h1-7,12-14,16,24H,8-10,19H2,(H,21,25)(H2,20,22,26)/t12-,13-,14+,16+/m0/s1. The summed E-state index contributed by atoms with van der Waals surface area (Å²) in [6.07, 6.45) is 0.885. The largest absolute Gasteiger partial charge is 0.394 e. The summed E-state index contributed by atoms with van der Waals surface area (Å²) >= 11 is 0. The van der Waals surface area contributed by atoms with E-state index in [0.29, 0.717) is 12.8 Å². The molecule has 2 heterocycles. The fraction of sp³-hybridized carbons (Fsp3) is 0.389. The maximum atomic E-state index is 12.4. The quantitative estimate of drug-likeness (QED) is 0.516. The van der Waals surface area contributed by atoms with Gasteiger partial charge in [0.15, 0.2) is 0 Å². The maximum absolute atomic E-state index is 12.4. The Morgan fingerprint density at radius 3 is 2.78 bits per heavy atom. The number of aliphatic hydroxyl groups excluding tert-OH is 1. The Balaban J connectivity index is 1.65. The van der Waals surface area contributed by atoms with Crippen LogP contribution in [0.2, 0.25) is 0 Å². The van der Waals surface area contributed by atoms with Crippen molar-refractivity contribution >= 4 is 11.7 Å². The molecule has 6 N–H and O–H groups in total. The van der Waals surface area contributed by atoms with Crippen molar-refractivity contribution in [1.29, 1.82) is 0 Å². The van der Waals surface area contributed by atoms with E-state index in [-0.39, 0.29) is 18.3 Å². The van der Waals surface area contributed by atoms with Crippen LogP contribution in [-0.4, -0.2) is 45.4 Å². The Hall–Kier alpha value is -2.75. The van der Waals surface area contributed by atoms with E-state index in [0.717, 1.165) is 5.56 Å². The number of anilines is 1. The summed E-state index contributed by atoms with van der Waals surface area (Å²) in [4.78, 5) is 28.1. The lowest BCUT2D eigenvalue weighted by molar-refractivity contribution is -0.123. The summed E-state index contributed by atoms with van der Waals surface area (Å²) in [5, 5.41) is 12.4. The summed E-state index contributed by atoms with van der Waals surface area (Å²) in [6.45, 7) is -0.299. The fourth-order valence-corrected chi connectivity index (χ4v) is 3.12. The molecular weight excluding hydrogens is 350 g/mol. The second kappa shape index (κ2) is 8.30. The minimum Gasteiger partial charge on any atom is -0.394 e. The first-order chi connectivity index (χ1) is 13.0. The van der Waals surface area contributed by atoms with Crippen LogP contribution in [0.5, 0.6) is 0 Å². The fourth-order valence-electron chi connectivity index (χ4n) is 3.12. The van der Waals surface area contributed by atoms with E-state index >= 15 is 0 Å². The number of carbonyl (C=O) groups excluding carboxylic acids is 1. The van der Waals surface area contributed by atoms with Gasteiger partial charge in [0.2, 0.25) is 5.91 Å². The van der Waals surface area contributed by atoms with E-state index in [2.05, 4.69) is 10.3 Å². The Morgan fingerprint density at radius 1 is 1.37 bits per heavy atom. The Bertz CT molecular complexity index is 841. The number of aromatic nitrogens is 2. The van der Waals surface area contributed by atoms with Crippen LogP contribution < -0.4 is 22.5 Å². The van der Waals surface area contributed by atoms with Gasteiger partial charge >= 0.3 is 5.69 Å². The number of benzene rings is 1. The van der Waals surface area contributed by atoms with Crippen molar-refractivity contribution in [2.75, 3.05) is 12.3 Å². The zero-order chi connectivity index (χ0) is 19.4. The van der Waals surface area contributed by atoms with Gasteiger partial charge in [-0.15, -0.1) is 0 Å². The van der Waals surface area contributed by atoms with E-state index in [1.165, 1.54) is 16.8 Å². The summed E-state index contributed by atoms with van der Waals surface area (Å²) in [6, 6.07) is 9.75. The highest BCUT2D eigenvalue weighted by atomic mass is 16.5. The number of nitrogens with one attached hydrogen (secondary N) is 1. The minimum absolute atomic E-state index is 0.115. The second-order valence-corrected chi connectivity index (χ2v) is 6.50. The summed E-state index contributed by atoms with van der Waals surface area (Å²) in [5.74, 6) is -0.223. The number of hydrogen-bond donors (Lipinski definition) is 4. The Labute approximate surface area is 156 Å². The second-order valence-electron chi connectivity index (χ2n) is 6.50. The van der Waals surface area contributed by atoms with Crippen molar-refractivity contribution in [3.8, 4) is 0 Å². The average Bonchev–Trinajstić information content (AvgIpc) is 3.05. The van der Waals surface area contributed by atoms with Crippen molar-refractivity contribution in [3.63, 3.8) is 0 Å². The van der Waals surface area contributed by atoms with Gasteiger partial charge in [0, 0.05) is 12.6 Å². The summed E-state index contributed by atoms with van der Waals surface area (Å²) < 4.78 is 6.99. The van der Waals surface area contributed by atoms with Crippen molar-refractivity contribution < 1.29 is 14.6 Å². The minimum atomic E-state index is -0.730. The average molecular weight is 373 g/mol. The molecule has 1 aliphatic rings. The summed E-state index contributed by atoms with van der Waals surface area (Å²) in [5.41, 5.74) is 11.9. The van der Waals surface area contributed by atoms with Crippen LogP contribution in [0.3, 0.4) is 0 Å². The number of nitrogen functional groups attached to an aromatic ring is 1. The smallest absolute Gasteiger partial charge is 0.351 e. The number of rotatable bonds is 6. The van der Waals surface area contributed by atoms with Gasteiger partial charge in [-0.3, -0.25) is 9.36 Å². The normalized spacial score (nSPS) is 23.1. The van der Waals surface area contributed by atoms with Gasteiger partial charge in [-0.05, 0) is 18.1 Å². The van der Waals surface area contributed by atoms with Crippen molar-refractivity contribution in [2.45, 2.75) is 37.3 Å². The third-order valence-corrected chi connectivity index (χ3v) is 4.54. The van der Waals surface area contributed by atoms with Gasteiger partial charge in [0.05, 0.1) is 18.7 Å². The molecule has 9 heteroatoms. The topological polar surface area (TPSA) is 145 Å². The third kappa shape index (κ3) is 4.51. The van der Waals surface area contributed by atoms with Crippen LogP contribution in [0.25, 0.3) is 0 Å². The molecule has 0 unspecified atom stereocenters. The van der Waals surface area contributed by atoms with E-state index in [1.54, 1.807) is 0 Å². The molecule has 1 fully saturated rings. The molecule has 1 amide bonds. The molecule has 1 aromatic carbocycles. The lowest BCUT2D eigenvalue weighted by atomic mass is 10.0. The number of aliphatic hydroxyl groups is 1. The first-order valence-electron chi connectivity index (χ1n) is 8.69. The number of nitrogens with zero attached hydrogens (tertiary/aromatic N) is 2. The molecule has 0 aliphatic carbocycles. The zero-order valence-corrected chi connectivity index (χ0v) is 14.7. The number of amides is 1. The van der Waals surface area contributed by atoms with Crippen molar-refractivity contribution in [3.05, 3.63) is 58.6 Å². The number of nitrogens with two attached hydrogens (primary N) is 2. The number of carbonyl (C=O) groups is 1. The zero-order valence-electron chi connectivity index (χ0n) is 14.7. The van der Waals surface area contributed by atoms with E-state index in [1.807, 2.05) is 30.3 Å². The van der Waals surface area contributed by atoms with Gasteiger partial charge in [-0.1, -0.05) is 30.3 Å². The van der Waals surface area contributed by atoms with Crippen LogP contribution >= 0.6 is 0 Å². The van der Waals surface area contributed by atoms with E-state index in [4.69, 9.17) is 16.2 Å². The molecule has 2 aromatic rings. The lowest BCUT2D eigenvalue weighted by Gasteiger charge is -2.20. The van der Waals surface area contributed by atoms with Gasteiger partial charge in [0.25, 0.3) is 0 Å². The molecule has 1 saturated heterocycles. The van der Waals surface area contributed by atoms with Gasteiger partial charge in [-0.2, -0.15) is 4.98 Å². The van der Waals surface area contributed by atoms with Gasteiger partial charge < -0.3 is 26.6 Å². The van der Waals surface area contributed by atoms with Crippen molar-refractivity contribution in [1.82, 2.24) is 14.9 Å². The molecule has 4 atom stereocenters. The van der Waals surface area contributed by atoms with Crippen LogP contribution in [0.1, 0.15) is 18.2 Å². The first kappa shape index (κ1) is 19.0. The Kier molecular flexibility index (Phi) is 5.84. The van der Waals surface area contributed by atoms with Gasteiger partial charge in [-0.25, -0.2) is 4.79 Å². The first-order valence-corrected chi connectivity index (χ1v) is 8.69. The van der Waals surface area contributed by atoms with Crippen LogP contribution in [0, 0.1) is 0 Å². The highest BCUT2D eigenvalue weighted by Crippen LogP contribution is 2.27. The molecule has 144 valence electrons. The molecule has 1 aromatic heterocycles. The predicted octanol–water partition coefficient (Wildman–Crippen LogP) is -0.840. The number of ether oxygens (including phenoxy) is 1.